The van der Waals surface area contributed by atoms with E-state index in [0.717, 1.165) is 50.0 Å². The molecular weight excluding hydrogens is 769 g/mol. The summed E-state index contributed by atoms with van der Waals surface area (Å²) < 4.78 is 6.36. The van der Waals surface area contributed by atoms with Crippen LogP contribution in [0.25, 0.3) is 55.6 Å². The Morgan fingerprint density at radius 3 is 2.11 bits per heavy atom. The third kappa shape index (κ3) is 7.39. The maximum Gasteiger partial charge on any atom is 0.121 e. The fourth-order valence-corrected chi connectivity index (χ4v) is 7.79. The van der Waals surface area contributed by atoms with E-state index in [4.69, 9.17) is 4.42 Å². The molecule has 7 rings (SSSR count). The molecule has 0 aliphatic heterocycles. The van der Waals surface area contributed by atoms with Crippen LogP contribution in [0.1, 0.15) is 36.5 Å². The van der Waals surface area contributed by atoms with Crippen molar-refractivity contribution in [2.75, 3.05) is 0 Å². The Kier molecular flexibility index (Phi) is 10.4. The predicted octanol–water partition coefficient (Wildman–Crippen LogP) is 10.9. The SMILES string of the molecule is Cc1cc(-c2[c-]cccc2)ncc1[Si](C)(C)C.Cc1cnc(-c2[c-]ccc3c2oc2cc(-c4ccccc4)ccc23)cc1C(C)C.[Ir]. The number of fused-ring (bicyclic) bond motifs is 3. The summed E-state index contributed by atoms with van der Waals surface area (Å²) in [5.74, 6) is 0.444. The molecule has 4 aromatic carbocycles. The number of benzene rings is 4. The largest absolute Gasteiger partial charge is 0.501 e. The van der Waals surface area contributed by atoms with Gasteiger partial charge in [0, 0.05) is 37.9 Å². The van der Waals surface area contributed by atoms with Crippen molar-refractivity contribution in [2.24, 2.45) is 0 Å². The fraction of sp³-hybridized carbons (Fsp3) is 0.190. The van der Waals surface area contributed by atoms with Crippen LogP contribution in [-0.4, -0.2) is 18.0 Å². The van der Waals surface area contributed by atoms with E-state index < -0.39 is 8.07 Å². The van der Waals surface area contributed by atoms with Crippen LogP contribution < -0.4 is 5.19 Å². The number of furan rings is 1. The van der Waals surface area contributed by atoms with E-state index in [-0.39, 0.29) is 20.1 Å². The summed E-state index contributed by atoms with van der Waals surface area (Å²) in [4.78, 5) is 9.27. The number of hydrogen-bond donors (Lipinski definition) is 0. The maximum absolute atomic E-state index is 6.36. The van der Waals surface area contributed by atoms with E-state index in [1.807, 2.05) is 36.5 Å². The Morgan fingerprint density at radius 1 is 0.681 bits per heavy atom. The molecule has 0 spiro atoms. The first-order valence-electron chi connectivity index (χ1n) is 15.9. The van der Waals surface area contributed by atoms with Crippen molar-refractivity contribution in [1.82, 2.24) is 9.97 Å². The first-order valence-corrected chi connectivity index (χ1v) is 19.4. The third-order valence-electron chi connectivity index (χ3n) is 8.47. The van der Waals surface area contributed by atoms with E-state index >= 15 is 0 Å². The minimum atomic E-state index is -1.27. The second kappa shape index (κ2) is 14.3. The second-order valence-electron chi connectivity index (χ2n) is 13.3. The van der Waals surface area contributed by atoms with Crippen LogP contribution in [0.3, 0.4) is 0 Å². The molecule has 0 amide bonds. The van der Waals surface area contributed by atoms with Gasteiger partial charge in [-0.15, -0.1) is 54.1 Å². The van der Waals surface area contributed by atoms with Gasteiger partial charge in [-0.3, -0.25) is 0 Å². The topological polar surface area (TPSA) is 38.9 Å². The van der Waals surface area contributed by atoms with Gasteiger partial charge in [-0.2, -0.15) is 0 Å². The normalized spacial score (nSPS) is 11.3. The summed E-state index contributed by atoms with van der Waals surface area (Å²) in [5.41, 5.74) is 11.9. The van der Waals surface area contributed by atoms with Crippen molar-refractivity contribution in [3.8, 4) is 33.6 Å². The molecule has 0 saturated carbocycles. The van der Waals surface area contributed by atoms with Gasteiger partial charge in [-0.25, -0.2) is 0 Å². The fourth-order valence-electron chi connectivity index (χ4n) is 6.08. The van der Waals surface area contributed by atoms with Crippen LogP contribution >= 0.6 is 0 Å². The molecule has 5 heteroatoms. The molecule has 239 valence electrons. The van der Waals surface area contributed by atoms with Gasteiger partial charge in [0.25, 0.3) is 0 Å². The molecule has 47 heavy (non-hydrogen) atoms. The summed E-state index contributed by atoms with van der Waals surface area (Å²) in [6.07, 6.45) is 4.01. The maximum atomic E-state index is 6.36. The van der Waals surface area contributed by atoms with E-state index in [0.29, 0.717) is 5.92 Å². The molecule has 0 saturated heterocycles. The zero-order chi connectivity index (χ0) is 32.4. The van der Waals surface area contributed by atoms with Gasteiger partial charge < -0.3 is 14.4 Å². The first-order chi connectivity index (χ1) is 22.1. The van der Waals surface area contributed by atoms with Gasteiger partial charge in [0.05, 0.1) is 13.7 Å². The van der Waals surface area contributed by atoms with Crippen molar-refractivity contribution in [1.29, 1.82) is 0 Å². The molecule has 7 aromatic rings. The predicted molar refractivity (Wildman–Crippen MR) is 196 cm³/mol. The quantitative estimate of drug-likeness (QED) is 0.128. The molecule has 0 aliphatic carbocycles. The Balaban J connectivity index is 0.000000207. The number of pyridine rings is 2. The van der Waals surface area contributed by atoms with E-state index in [1.54, 1.807) is 0 Å². The summed E-state index contributed by atoms with van der Waals surface area (Å²) in [6.45, 7) is 15.8. The van der Waals surface area contributed by atoms with Gasteiger partial charge in [0.15, 0.2) is 0 Å². The van der Waals surface area contributed by atoms with Crippen molar-refractivity contribution in [3.05, 3.63) is 138 Å². The molecule has 0 N–H and O–H groups in total. The summed E-state index contributed by atoms with van der Waals surface area (Å²) in [7, 11) is -1.27. The Hall–Kier alpha value is -4.15. The molecule has 0 fully saturated rings. The van der Waals surface area contributed by atoms with Crippen molar-refractivity contribution in [2.45, 2.75) is 53.3 Å². The van der Waals surface area contributed by atoms with Gasteiger partial charge in [-0.1, -0.05) is 105 Å². The van der Waals surface area contributed by atoms with Crippen LogP contribution in [0.2, 0.25) is 19.6 Å². The van der Waals surface area contributed by atoms with Crippen LogP contribution in [-0.2, 0) is 20.1 Å². The molecule has 1 radical (unpaired) electrons. The third-order valence-corrected chi connectivity index (χ3v) is 10.6. The van der Waals surface area contributed by atoms with Crippen molar-refractivity contribution >= 4 is 35.2 Å². The summed E-state index contributed by atoms with van der Waals surface area (Å²) in [6, 6.07) is 39.8. The molecule has 3 heterocycles. The molecule has 0 aliphatic rings. The Morgan fingerprint density at radius 2 is 1.43 bits per heavy atom. The average Bonchev–Trinajstić information content (AvgIpc) is 3.44. The molecule has 3 nitrogen and oxygen atoms in total. The van der Waals surface area contributed by atoms with Crippen LogP contribution in [0.5, 0.6) is 0 Å². The van der Waals surface area contributed by atoms with Crippen molar-refractivity contribution in [3.63, 3.8) is 0 Å². The number of aryl methyl sites for hydroxylation is 2. The number of nitrogens with zero attached hydrogens (tertiary/aromatic N) is 2. The van der Waals surface area contributed by atoms with Gasteiger partial charge in [0.2, 0.25) is 0 Å². The molecule has 0 unspecified atom stereocenters. The second-order valence-corrected chi connectivity index (χ2v) is 18.3. The van der Waals surface area contributed by atoms with E-state index in [2.05, 4.69) is 142 Å². The van der Waals surface area contributed by atoms with Crippen LogP contribution in [0.15, 0.2) is 114 Å². The van der Waals surface area contributed by atoms with Gasteiger partial charge in [-0.05, 0) is 64.7 Å². The monoisotopic (exact) mass is 809 g/mol. The Labute approximate surface area is 293 Å². The van der Waals surface area contributed by atoms with E-state index in [9.17, 15) is 0 Å². The minimum absolute atomic E-state index is 0. The first kappa shape index (κ1) is 34.2. The van der Waals surface area contributed by atoms with Gasteiger partial charge in [0.1, 0.15) is 5.58 Å². The van der Waals surface area contributed by atoms with E-state index in [1.165, 1.54) is 27.4 Å². The Bertz CT molecular complexity index is 2130. The molecule has 3 aromatic heterocycles. The number of hydrogen-bond acceptors (Lipinski definition) is 3. The zero-order valence-electron chi connectivity index (χ0n) is 28.1. The van der Waals surface area contributed by atoms with Crippen LogP contribution in [0, 0.1) is 26.0 Å². The number of rotatable bonds is 5. The standard InChI is InChI=1S/C27H22NO.C15H18NSi.Ir/c1-17(2)24-15-25(28-16-18(24)3)23-11-7-10-22-21-13-12-20(14-26(21)29-27(22)23)19-8-5-4-6-9-19;1-12-10-14(13-8-6-5-7-9-13)16-11-15(12)17(2,3)4;/h4-10,12-17H,1-3H3;5-8,10-11H,1-4H3;/q2*-1;. The molecular formula is C42H40IrN2OSi-2. The average molecular weight is 809 g/mol. The molecule has 0 atom stereocenters. The van der Waals surface area contributed by atoms with Crippen molar-refractivity contribution < 1.29 is 24.5 Å². The number of aromatic nitrogens is 2. The smallest absolute Gasteiger partial charge is 0.121 e. The van der Waals surface area contributed by atoms with Gasteiger partial charge >= 0.3 is 0 Å². The zero-order valence-corrected chi connectivity index (χ0v) is 31.5. The summed E-state index contributed by atoms with van der Waals surface area (Å²) in [5, 5.41) is 3.66. The summed E-state index contributed by atoms with van der Waals surface area (Å²) >= 11 is 0. The van der Waals surface area contributed by atoms with Crippen LogP contribution in [0.4, 0.5) is 0 Å². The minimum Gasteiger partial charge on any atom is -0.501 e. The molecule has 0 bridgehead atoms.